The summed E-state index contributed by atoms with van der Waals surface area (Å²) in [4.78, 5) is 0. The fourth-order valence-electron chi connectivity index (χ4n) is 3.41. The van der Waals surface area contributed by atoms with Gasteiger partial charge in [0.15, 0.2) is 0 Å². The highest BCUT2D eigenvalue weighted by molar-refractivity contribution is 6.69. The molecule has 31 heavy (non-hydrogen) atoms. The molecule has 9 heteroatoms. The first kappa shape index (κ1) is 24.4. The minimum absolute atomic E-state index is 0.426. The van der Waals surface area contributed by atoms with E-state index < -0.39 is 54.1 Å². The maximum atomic E-state index is 12.8. The number of alkyl halides is 3. The van der Waals surface area contributed by atoms with E-state index in [1.807, 2.05) is 61.5 Å². The Bertz CT molecular complexity index is 764. The van der Waals surface area contributed by atoms with Gasteiger partial charge in [0.05, 0.1) is 28.0 Å². The molecule has 0 saturated carbocycles. The zero-order chi connectivity index (χ0) is 23.5. The van der Waals surface area contributed by atoms with Crippen molar-refractivity contribution in [2.24, 2.45) is 0 Å². The van der Waals surface area contributed by atoms with Crippen molar-refractivity contribution in [2.75, 3.05) is 0 Å². The molecule has 2 aliphatic rings. The van der Waals surface area contributed by atoms with E-state index in [2.05, 4.69) is 0 Å². The van der Waals surface area contributed by atoms with Gasteiger partial charge in [-0.25, -0.2) is 0 Å². The van der Waals surface area contributed by atoms with Gasteiger partial charge >= 0.3 is 20.4 Å². The summed E-state index contributed by atoms with van der Waals surface area (Å²) >= 11 is 0. The second-order valence-corrected chi connectivity index (χ2v) is 10.3. The standard InChI is InChI=1S/C22H31B2F3O4/c1-18(2)19(3,4)29-23(28-18)17(24-30-20(5,6)21(7,8)31-24)14-11-15-9-12-16(13-10-15)22(25,26)27/h9-14,17H,1-8H3/b14-11+. The van der Waals surface area contributed by atoms with Gasteiger partial charge in [0.1, 0.15) is 0 Å². The Labute approximate surface area is 183 Å². The lowest BCUT2D eigenvalue weighted by atomic mass is 9.51. The van der Waals surface area contributed by atoms with E-state index in [0.717, 1.165) is 12.1 Å². The predicted molar refractivity (Wildman–Crippen MR) is 116 cm³/mol. The highest BCUT2D eigenvalue weighted by Gasteiger charge is 2.61. The molecule has 1 aromatic rings. The van der Waals surface area contributed by atoms with E-state index in [-0.39, 0.29) is 0 Å². The number of hydrogen-bond donors (Lipinski definition) is 0. The van der Waals surface area contributed by atoms with Gasteiger partial charge in [0.25, 0.3) is 0 Å². The summed E-state index contributed by atoms with van der Waals surface area (Å²) in [6.07, 6.45) is -0.774. The summed E-state index contributed by atoms with van der Waals surface area (Å²) in [7, 11) is -1.27. The minimum Gasteiger partial charge on any atom is -0.403 e. The molecule has 170 valence electrons. The molecule has 1 aromatic carbocycles. The van der Waals surface area contributed by atoms with E-state index in [4.69, 9.17) is 18.6 Å². The number of allylic oxidation sites excluding steroid dienone is 1. The summed E-state index contributed by atoms with van der Waals surface area (Å²) in [6.45, 7) is 15.7. The molecule has 0 N–H and O–H groups in total. The summed E-state index contributed by atoms with van der Waals surface area (Å²) in [5.74, 6) is 0. The molecular weight excluding hydrogens is 407 g/mol. The lowest BCUT2D eigenvalue weighted by Gasteiger charge is -2.32. The fourth-order valence-corrected chi connectivity index (χ4v) is 3.41. The number of halogens is 3. The first-order chi connectivity index (χ1) is 14.0. The molecule has 0 amide bonds. The maximum Gasteiger partial charge on any atom is 0.462 e. The van der Waals surface area contributed by atoms with Crippen molar-refractivity contribution < 1.29 is 31.8 Å². The van der Waals surface area contributed by atoms with Crippen LogP contribution in [0.2, 0.25) is 5.72 Å². The Hall–Kier alpha value is -1.28. The van der Waals surface area contributed by atoms with Crippen molar-refractivity contribution in [1.82, 2.24) is 0 Å². The third-order valence-corrected chi connectivity index (χ3v) is 6.92. The van der Waals surface area contributed by atoms with Gasteiger partial charge < -0.3 is 18.6 Å². The SMILES string of the molecule is CC1(C)OB(C(/C=C/c2ccc(C(F)(F)F)cc2)B2OC(C)(C)C(C)(C)O2)OC1(C)C. The van der Waals surface area contributed by atoms with Gasteiger partial charge in [-0.3, -0.25) is 0 Å². The highest BCUT2D eigenvalue weighted by atomic mass is 19.4. The van der Waals surface area contributed by atoms with Crippen LogP contribution < -0.4 is 0 Å². The minimum atomic E-state index is -4.36. The molecule has 3 rings (SSSR count). The van der Waals surface area contributed by atoms with Gasteiger partial charge in [0, 0.05) is 5.72 Å². The quantitative estimate of drug-likeness (QED) is 0.556. The smallest absolute Gasteiger partial charge is 0.403 e. The van der Waals surface area contributed by atoms with E-state index >= 15 is 0 Å². The Morgan fingerprint density at radius 3 is 1.39 bits per heavy atom. The molecule has 0 atom stereocenters. The molecular formula is C22H31B2F3O4. The van der Waals surface area contributed by atoms with Crippen LogP contribution in [0.1, 0.15) is 66.5 Å². The Balaban J connectivity index is 1.89. The first-order valence-corrected chi connectivity index (χ1v) is 10.5. The Morgan fingerprint density at radius 2 is 1.06 bits per heavy atom. The van der Waals surface area contributed by atoms with Gasteiger partial charge in [-0.05, 0) is 73.1 Å². The van der Waals surface area contributed by atoms with Gasteiger partial charge in [-0.1, -0.05) is 24.3 Å². The van der Waals surface area contributed by atoms with Crippen LogP contribution in [0.4, 0.5) is 13.2 Å². The van der Waals surface area contributed by atoms with Crippen molar-refractivity contribution >= 4 is 20.3 Å². The zero-order valence-electron chi connectivity index (χ0n) is 19.5. The van der Waals surface area contributed by atoms with E-state index in [1.165, 1.54) is 12.1 Å². The largest absolute Gasteiger partial charge is 0.462 e. The molecule has 2 aliphatic heterocycles. The summed E-state index contributed by atoms with van der Waals surface area (Å²) in [6, 6.07) is 5.01. The van der Waals surface area contributed by atoms with Gasteiger partial charge in [-0.2, -0.15) is 13.2 Å². The van der Waals surface area contributed by atoms with Crippen molar-refractivity contribution in [3.05, 3.63) is 41.5 Å². The Kier molecular flexibility index (Phi) is 6.01. The molecule has 0 bridgehead atoms. The predicted octanol–water partition coefficient (Wildman–Crippen LogP) is 5.81. The van der Waals surface area contributed by atoms with Crippen LogP contribution in [0.25, 0.3) is 6.08 Å². The van der Waals surface area contributed by atoms with E-state index in [9.17, 15) is 13.2 Å². The van der Waals surface area contributed by atoms with Crippen molar-refractivity contribution in [3.8, 4) is 0 Å². The maximum absolute atomic E-state index is 12.8. The summed E-state index contributed by atoms with van der Waals surface area (Å²) in [5, 5.41) is 0. The summed E-state index contributed by atoms with van der Waals surface area (Å²) in [5.41, 5.74) is -2.64. The van der Waals surface area contributed by atoms with Crippen molar-refractivity contribution in [3.63, 3.8) is 0 Å². The van der Waals surface area contributed by atoms with Crippen molar-refractivity contribution in [1.29, 1.82) is 0 Å². The van der Waals surface area contributed by atoms with Crippen LogP contribution >= 0.6 is 0 Å². The molecule has 0 spiro atoms. The number of hydrogen-bond acceptors (Lipinski definition) is 4. The average molecular weight is 438 g/mol. The second-order valence-electron chi connectivity index (χ2n) is 10.3. The zero-order valence-corrected chi connectivity index (χ0v) is 19.5. The van der Waals surface area contributed by atoms with Crippen LogP contribution in [-0.2, 0) is 24.8 Å². The monoisotopic (exact) mass is 438 g/mol. The van der Waals surface area contributed by atoms with Crippen LogP contribution in [0, 0.1) is 0 Å². The lowest BCUT2D eigenvalue weighted by molar-refractivity contribution is -0.137. The van der Waals surface area contributed by atoms with Crippen molar-refractivity contribution in [2.45, 2.75) is 89.7 Å². The topological polar surface area (TPSA) is 36.9 Å². The molecule has 4 nitrogen and oxygen atoms in total. The number of benzene rings is 1. The molecule has 2 saturated heterocycles. The lowest BCUT2D eigenvalue weighted by Crippen LogP contribution is -2.41. The third kappa shape index (κ3) is 4.75. The first-order valence-electron chi connectivity index (χ1n) is 10.5. The van der Waals surface area contributed by atoms with Gasteiger partial charge in [0.2, 0.25) is 0 Å². The molecule has 2 fully saturated rings. The molecule has 0 unspecified atom stereocenters. The molecule has 0 aromatic heterocycles. The molecule has 0 aliphatic carbocycles. The van der Waals surface area contributed by atoms with Crippen LogP contribution in [0.5, 0.6) is 0 Å². The Morgan fingerprint density at radius 1 is 0.710 bits per heavy atom. The van der Waals surface area contributed by atoms with Gasteiger partial charge in [-0.15, -0.1) is 0 Å². The second kappa shape index (κ2) is 7.65. The van der Waals surface area contributed by atoms with E-state index in [0.29, 0.717) is 5.56 Å². The molecule has 0 radical (unpaired) electrons. The summed E-state index contributed by atoms with van der Waals surface area (Å²) < 4.78 is 63.5. The average Bonchev–Trinajstić information content (AvgIpc) is 2.94. The van der Waals surface area contributed by atoms with Crippen LogP contribution in [0.3, 0.4) is 0 Å². The fraction of sp³-hybridized carbons (Fsp3) is 0.636. The highest BCUT2D eigenvalue weighted by Crippen LogP contribution is 2.46. The van der Waals surface area contributed by atoms with Crippen LogP contribution in [0.15, 0.2) is 30.3 Å². The van der Waals surface area contributed by atoms with E-state index in [1.54, 1.807) is 6.08 Å². The van der Waals surface area contributed by atoms with Crippen LogP contribution in [-0.4, -0.2) is 36.6 Å². The molecule has 2 heterocycles. The number of rotatable bonds is 4. The normalized spacial score (nSPS) is 24.5. The third-order valence-electron chi connectivity index (χ3n) is 6.92.